The molecule has 0 aromatic carbocycles. The van der Waals surface area contributed by atoms with E-state index in [0.29, 0.717) is 31.7 Å². The van der Waals surface area contributed by atoms with Crippen LogP contribution in [0.4, 0.5) is 0 Å². The van der Waals surface area contributed by atoms with Gasteiger partial charge in [0.05, 0.1) is 23.7 Å². The van der Waals surface area contributed by atoms with E-state index in [4.69, 9.17) is 4.74 Å². The molecule has 0 aliphatic carbocycles. The Morgan fingerprint density at radius 3 is 2.71 bits per heavy atom. The van der Waals surface area contributed by atoms with Crippen LogP contribution in [-0.4, -0.2) is 78.7 Å². The zero-order valence-corrected chi connectivity index (χ0v) is 17.6. The molecule has 0 aromatic rings. The summed E-state index contributed by atoms with van der Waals surface area (Å²) in [7, 11) is -3.12. The van der Waals surface area contributed by atoms with Gasteiger partial charge in [-0.1, -0.05) is 0 Å². The van der Waals surface area contributed by atoms with Crippen LogP contribution in [0.25, 0.3) is 0 Å². The van der Waals surface area contributed by atoms with Gasteiger partial charge in [0.15, 0.2) is 9.84 Å². The van der Waals surface area contributed by atoms with Crippen molar-refractivity contribution >= 4 is 27.4 Å². The molecule has 0 N–H and O–H groups in total. The van der Waals surface area contributed by atoms with Gasteiger partial charge in [-0.2, -0.15) is 5.10 Å². The summed E-state index contributed by atoms with van der Waals surface area (Å²) in [5.74, 6) is -0.306. The highest BCUT2D eigenvalue weighted by Crippen LogP contribution is 2.25. The quantitative estimate of drug-likeness (QED) is 0.655. The molecule has 3 aliphatic rings. The number of nitrogens with zero attached hydrogens (tertiary/aromatic N) is 3. The molecule has 9 heteroatoms. The minimum Gasteiger partial charge on any atom is -0.379 e. The number of amides is 2. The van der Waals surface area contributed by atoms with E-state index in [0.717, 1.165) is 25.7 Å². The van der Waals surface area contributed by atoms with Crippen LogP contribution in [0.3, 0.4) is 0 Å². The average Bonchev–Trinajstić information content (AvgIpc) is 3.01. The highest BCUT2D eigenvalue weighted by Gasteiger charge is 2.38. The van der Waals surface area contributed by atoms with Crippen molar-refractivity contribution in [1.29, 1.82) is 0 Å². The Labute approximate surface area is 167 Å². The molecule has 2 fully saturated rings. The lowest BCUT2D eigenvalue weighted by atomic mass is 9.98. The molecule has 3 rings (SSSR count). The van der Waals surface area contributed by atoms with Gasteiger partial charge in [-0.05, 0) is 46.0 Å². The fourth-order valence-corrected chi connectivity index (χ4v) is 5.84. The van der Waals surface area contributed by atoms with Gasteiger partial charge in [-0.15, -0.1) is 0 Å². The number of carbonyl (C=O) groups is 2. The number of piperidine rings is 1. The largest absolute Gasteiger partial charge is 0.379 e. The fraction of sp³-hybridized carbons (Fsp3) is 0.842. The lowest BCUT2D eigenvalue weighted by Gasteiger charge is -2.37. The van der Waals surface area contributed by atoms with Crippen LogP contribution >= 0.6 is 0 Å². The van der Waals surface area contributed by atoms with Crippen molar-refractivity contribution in [1.82, 2.24) is 9.91 Å². The van der Waals surface area contributed by atoms with Crippen LogP contribution in [-0.2, 0) is 24.2 Å². The average molecular weight is 414 g/mol. The van der Waals surface area contributed by atoms with E-state index >= 15 is 0 Å². The van der Waals surface area contributed by atoms with Crippen molar-refractivity contribution < 1.29 is 22.7 Å². The first-order chi connectivity index (χ1) is 13.3. The van der Waals surface area contributed by atoms with Crippen LogP contribution in [0.5, 0.6) is 0 Å². The van der Waals surface area contributed by atoms with Gasteiger partial charge in [0.25, 0.3) is 5.91 Å². The number of hydrogen-bond acceptors (Lipinski definition) is 6. The van der Waals surface area contributed by atoms with Crippen LogP contribution in [0.2, 0.25) is 0 Å². The summed E-state index contributed by atoms with van der Waals surface area (Å²) >= 11 is 0. The minimum absolute atomic E-state index is 0.0669. The van der Waals surface area contributed by atoms with Crippen LogP contribution in [0.1, 0.15) is 58.8 Å². The SMILES string of the molecule is CC(C)OCC[C@H]1CCCCN1C(=O)C1=NN([C@@H]2CCS(=O)(=O)C2)C(=O)CC1. The molecule has 158 valence electrons. The molecule has 28 heavy (non-hydrogen) atoms. The zero-order chi connectivity index (χ0) is 20.3. The molecule has 0 bridgehead atoms. The third-order valence-corrected chi connectivity index (χ3v) is 7.40. The first kappa shape index (κ1) is 21.2. The van der Waals surface area contributed by atoms with E-state index in [2.05, 4.69) is 5.10 Å². The van der Waals surface area contributed by atoms with Gasteiger partial charge in [-0.25, -0.2) is 13.4 Å². The summed E-state index contributed by atoms with van der Waals surface area (Å²) in [4.78, 5) is 27.3. The molecule has 3 aliphatic heterocycles. The van der Waals surface area contributed by atoms with E-state index in [1.165, 1.54) is 5.01 Å². The van der Waals surface area contributed by atoms with Crippen molar-refractivity contribution in [3.63, 3.8) is 0 Å². The van der Waals surface area contributed by atoms with E-state index in [-0.39, 0.29) is 41.9 Å². The number of sulfone groups is 1. The van der Waals surface area contributed by atoms with Crippen molar-refractivity contribution in [2.45, 2.75) is 77.0 Å². The van der Waals surface area contributed by atoms with Gasteiger partial charge in [0.2, 0.25) is 5.91 Å². The maximum absolute atomic E-state index is 13.2. The summed E-state index contributed by atoms with van der Waals surface area (Å²) in [6, 6.07) is -0.321. The molecule has 2 atom stereocenters. The minimum atomic E-state index is -3.12. The van der Waals surface area contributed by atoms with Gasteiger partial charge in [0, 0.05) is 32.0 Å². The zero-order valence-electron chi connectivity index (χ0n) is 16.8. The second-order valence-corrected chi connectivity index (χ2v) is 10.4. The Hall–Kier alpha value is -1.48. The number of hydrazone groups is 1. The van der Waals surface area contributed by atoms with Crippen molar-refractivity contribution in [2.24, 2.45) is 5.10 Å². The highest BCUT2D eigenvalue weighted by molar-refractivity contribution is 7.91. The van der Waals surface area contributed by atoms with E-state index in [1.807, 2.05) is 18.7 Å². The maximum Gasteiger partial charge on any atom is 0.270 e. The number of carbonyl (C=O) groups excluding carboxylic acids is 2. The molecule has 0 spiro atoms. The predicted octanol–water partition coefficient (Wildman–Crippen LogP) is 1.35. The molecule has 2 amide bonds. The lowest BCUT2D eigenvalue weighted by molar-refractivity contribution is -0.134. The molecule has 2 saturated heterocycles. The van der Waals surface area contributed by atoms with Gasteiger partial charge in [0.1, 0.15) is 5.71 Å². The summed E-state index contributed by atoms with van der Waals surface area (Å²) in [6.07, 6.45) is 4.87. The smallest absolute Gasteiger partial charge is 0.270 e. The fourth-order valence-electron chi connectivity index (χ4n) is 4.15. The lowest BCUT2D eigenvalue weighted by Crippen LogP contribution is -2.50. The van der Waals surface area contributed by atoms with Crippen LogP contribution < -0.4 is 0 Å². The molecule has 0 unspecified atom stereocenters. The van der Waals surface area contributed by atoms with Gasteiger partial charge >= 0.3 is 0 Å². The normalized spacial score (nSPS) is 28.0. The number of likely N-dealkylation sites (tertiary alicyclic amines) is 1. The Morgan fingerprint density at radius 1 is 1.25 bits per heavy atom. The topological polar surface area (TPSA) is 96.3 Å². The Morgan fingerprint density at radius 2 is 2.04 bits per heavy atom. The number of rotatable bonds is 6. The summed E-state index contributed by atoms with van der Waals surface area (Å²) in [6.45, 7) is 5.30. The van der Waals surface area contributed by atoms with Crippen molar-refractivity contribution in [3.8, 4) is 0 Å². The first-order valence-corrected chi connectivity index (χ1v) is 12.1. The van der Waals surface area contributed by atoms with E-state index < -0.39 is 15.9 Å². The van der Waals surface area contributed by atoms with Gasteiger partial charge < -0.3 is 9.64 Å². The van der Waals surface area contributed by atoms with Crippen LogP contribution in [0, 0.1) is 0 Å². The first-order valence-electron chi connectivity index (χ1n) is 10.3. The summed E-state index contributed by atoms with van der Waals surface area (Å²) < 4.78 is 29.2. The maximum atomic E-state index is 13.2. The standard InChI is InChI=1S/C19H31N3O5S/c1-14(2)27-11-8-15-5-3-4-10-21(15)19(24)17-6-7-18(23)22(20-17)16-9-12-28(25,26)13-16/h14-16H,3-13H2,1-2H3/t15-,16-/m1/s1. The van der Waals surface area contributed by atoms with E-state index in [1.54, 1.807) is 0 Å². The summed E-state index contributed by atoms with van der Waals surface area (Å²) in [5.41, 5.74) is 0.376. The predicted molar refractivity (Wildman–Crippen MR) is 106 cm³/mol. The van der Waals surface area contributed by atoms with Gasteiger partial charge in [-0.3, -0.25) is 9.59 Å². The van der Waals surface area contributed by atoms with Crippen molar-refractivity contribution in [2.75, 3.05) is 24.7 Å². The summed E-state index contributed by atoms with van der Waals surface area (Å²) in [5, 5.41) is 5.61. The molecule has 0 radical (unpaired) electrons. The number of ether oxygens (including phenoxy) is 1. The second kappa shape index (κ2) is 8.90. The Balaban J connectivity index is 1.70. The Kier molecular flexibility index (Phi) is 6.75. The second-order valence-electron chi connectivity index (χ2n) is 8.20. The molecule has 8 nitrogen and oxygen atoms in total. The molecule has 3 heterocycles. The number of hydrogen-bond donors (Lipinski definition) is 0. The molecular weight excluding hydrogens is 382 g/mol. The van der Waals surface area contributed by atoms with E-state index in [9.17, 15) is 18.0 Å². The Bertz CT molecular complexity index is 734. The van der Waals surface area contributed by atoms with Crippen molar-refractivity contribution in [3.05, 3.63) is 0 Å². The monoisotopic (exact) mass is 413 g/mol. The molecule has 0 aromatic heterocycles. The third-order valence-electron chi connectivity index (χ3n) is 5.65. The third kappa shape index (κ3) is 5.11. The highest BCUT2D eigenvalue weighted by atomic mass is 32.2. The van der Waals surface area contributed by atoms with Crippen LogP contribution in [0.15, 0.2) is 5.10 Å². The molecular formula is C19H31N3O5S. The molecule has 0 saturated carbocycles.